The molecule has 0 radical (unpaired) electrons. The van der Waals surface area contributed by atoms with E-state index in [0.717, 1.165) is 11.3 Å². The molecule has 0 saturated carbocycles. The Labute approximate surface area is 82.8 Å². The van der Waals surface area contributed by atoms with E-state index in [1.165, 1.54) is 4.88 Å². The molecule has 0 fully saturated rings. The average Bonchev–Trinajstić information content (AvgIpc) is 2.62. The van der Waals surface area contributed by atoms with Gasteiger partial charge in [0.15, 0.2) is 5.78 Å². The van der Waals surface area contributed by atoms with Crippen molar-refractivity contribution in [3.8, 4) is 11.8 Å². The molecule has 0 amide bonds. The van der Waals surface area contributed by atoms with Crippen LogP contribution in [-0.4, -0.2) is 5.78 Å². The molecule has 2 heteroatoms. The molecule has 0 aliphatic carbocycles. The Bertz CT molecular complexity index is 352. The van der Waals surface area contributed by atoms with E-state index in [1.54, 1.807) is 18.3 Å². The Hall–Kier alpha value is -1.07. The maximum atomic E-state index is 11.4. The van der Waals surface area contributed by atoms with Crippen molar-refractivity contribution < 1.29 is 4.79 Å². The molecule has 1 heterocycles. The summed E-state index contributed by atoms with van der Waals surface area (Å²) in [6, 6.07) is 3.90. The lowest BCUT2D eigenvalue weighted by Crippen LogP contribution is -1.92. The monoisotopic (exact) mass is 192 g/mol. The van der Waals surface area contributed by atoms with Crippen molar-refractivity contribution in [2.75, 3.05) is 0 Å². The molecular weight excluding hydrogens is 180 g/mol. The standard InChI is InChI=1S/C11H12OS/c1-3-5-6-10(12)11-8-7-9(4-2)13-11/h7-8H,4,6H2,1-2H3. The van der Waals surface area contributed by atoms with Crippen LogP contribution in [0, 0.1) is 11.8 Å². The normalized spacial score (nSPS) is 9.08. The third-order valence-corrected chi connectivity index (χ3v) is 2.98. The molecule has 0 N–H and O–H groups in total. The Kier molecular flexibility index (Phi) is 3.72. The zero-order valence-electron chi connectivity index (χ0n) is 7.89. The zero-order valence-corrected chi connectivity index (χ0v) is 8.70. The highest BCUT2D eigenvalue weighted by molar-refractivity contribution is 7.14. The van der Waals surface area contributed by atoms with E-state index in [0.29, 0.717) is 6.42 Å². The zero-order chi connectivity index (χ0) is 9.68. The molecule has 0 atom stereocenters. The molecule has 0 unspecified atom stereocenters. The van der Waals surface area contributed by atoms with Gasteiger partial charge in [0.1, 0.15) is 0 Å². The molecule has 1 aromatic heterocycles. The maximum absolute atomic E-state index is 11.4. The highest BCUT2D eigenvalue weighted by Gasteiger charge is 2.06. The SMILES string of the molecule is CC#CCC(=O)c1ccc(CC)s1. The number of Topliss-reactive ketones (excluding diaryl/α,β-unsaturated/α-hetero) is 1. The fourth-order valence-corrected chi connectivity index (χ4v) is 1.86. The summed E-state index contributed by atoms with van der Waals surface area (Å²) in [7, 11) is 0. The Morgan fingerprint density at radius 2 is 2.31 bits per heavy atom. The molecule has 0 aromatic carbocycles. The Morgan fingerprint density at radius 1 is 1.54 bits per heavy atom. The average molecular weight is 192 g/mol. The van der Waals surface area contributed by atoms with Gasteiger partial charge in [-0.3, -0.25) is 4.79 Å². The van der Waals surface area contributed by atoms with E-state index in [4.69, 9.17) is 0 Å². The topological polar surface area (TPSA) is 17.1 Å². The third kappa shape index (κ3) is 2.71. The third-order valence-electron chi connectivity index (χ3n) is 1.71. The second-order valence-corrected chi connectivity index (χ2v) is 3.81. The van der Waals surface area contributed by atoms with Gasteiger partial charge in [0.25, 0.3) is 0 Å². The van der Waals surface area contributed by atoms with Crippen LogP contribution in [0.2, 0.25) is 0 Å². The van der Waals surface area contributed by atoms with Crippen LogP contribution < -0.4 is 0 Å². The largest absolute Gasteiger partial charge is 0.292 e. The molecule has 0 spiro atoms. The molecule has 1 rings (SSSR count). The smallest absolute Gasteiger partial charge is 0.184 e. The molecule has 0 bridgehead atoms. The van der Waals surface area contributed by atoms with Gasteiger partial charge in [0.05, 0.1) is 11.3 Å². The number of aryl methyl sites for hydroxylation is 1. The number of carbonyl (C=O) groups is 1. The fraction of sp³-hybridized carbons (Fsp3) is 0.364. The second kappa shape index (κ2) is 4.84. The van der Waals surface area contributed by atoms with Crippen molar-refractivity contribution in [3.05, 3.63) is 21.9 Å². The van der Waals surface area contributed by atoms with Gasteiger partial charge in [-0.05, 0) is 25.5 Å². The molecule has 0 aliphatic heterocycles. The summed E-state index contributed by atoms with van der Waals surface area (Å²) in [5.74, 6) is 5.64. The van der Waals surface area contributed by atoms with Crippen LogP contribution >= 0.6 is 11.3 Å². The Balaban J connectivity index is 2.69. The first-order valence-corrected chi connectivity index (χ1v) is 5.11. The van der Waals surface area contributed by atoms with Crippen molar-refractivity contribution in [2.24, 2.45) is 0 Å². The predicted molar refractivity (Wildman–Crippen MR) is 56.1 cm³/mol. The molecule has 1 aromatic rings. The summed E-state index contributed by atoms with van der Waals surface area (Å²) in [4.78, 5) is 13.5. The van der Waals surface area contributed by atoms with Crippen molar-refractivity contribution in [1.82, 2.24) is 0 Å². The maximum Gasteiger partial charge on any atom is 0.184 e. The highest BCUT2D eigenvalue weighted by Crippen LogP contribution is 2.18. The first-order chi connectivity index (χ1) is 6.27. The minimum absolute atomic E-state index is 0.138. The van der Waals surface area contributed by atoms with Crippen LogP contribution in [0.25, 0.3) is 0 Å². The number of ketones is 1. The van der Waals surface area contributed by atoms with Gasteiger partial charge in [0.2, 0.25) is 0 Å². The molecule has 0 aliphatic rings. The minimum Gasteiger partial charge on any atom is -0.292 e. The van der Waals surface area contributed by atoms with E-state index < -0.39 is 0 Å². The molecular formula is C11H12OS. The molecule has 0 saturated heterocycles. The summed E-state index contributed by atoms with van der Waals surface area (Å²) >= 11 is 1.57. The van der Waals surface area contributed by atoms with Crippen LogP contribution in [0.15, 0.2) is 12.1 Å². The van der Waals surface area contributed by atoms with Crippen LogP contribution in [0.3, 0.4) is 0 Å². The number of hydrogen-bond donors (Lipinski definition) is 0. The quantitative estimate of drug-likeness (QED) is 0.531. The van der Waals surface area contributed by atoms with Gasteiger partial charge in [-0.25, -0.2) is 0 Å². The molecule has 13 heavy (non-hydrogen) atoms. The lowest BCUT2D eigenvalue weighted by Gasteiger charge is -1.88. The summed E-state index contributed by atoms with van der Waals surface area (Å²) < 4.78 is 0. The minimum atomic E-state index is 0.138. The van der Waals surface area contributed by atoms with Crippen LogP contribution in [0.5, 0.6) is 0 Å². The lowest BCUT2D eigenvalue weighted by molar-refractivity contribution is 0.100. The van der Waals surface area contributed by atoms with Crippen LogP contribution in [-0.2, 0) is 6.42 Å². The second-order valence-electron chi connectivity index (χ2n) is 2.65. The first-order valence-electron chi connectivity index (χ1n) is 4.29. The first kappa shape index (κ1) is 10.0. The number of hydrogen-bond acceptors (Lipinski definition) is 2. The molecule has 1 nitrogen and oxygen atoms in total. The van der Waals surface area contributed by atoms with Gasteiger partial charge >= 0.3 is 0 Å². The lowest BCUT2D eigenvalue weighted by atomic mass is 10.2. The molecule has 68 valence electrons. The fourth-order valence-electron chi connectivity index (χ4n) is 0.974. The van der Waals surface area contributed by atoms with Crippen molar-refractivity contribution in [2.45, 2.75) is 26.7 Å². The van der Waals surface area contributed by atoms with Gasteiger partial charge in [-0.1, -0.05) is 12.8 Å². The number of thiophene rings is 1. The van der Waals surface area contributed by atoms with Crippen LogP contribution in [0.4, 0.5) is 0 Å². The van der Waals surface area contributed by atoms with Crippen molar-refractivity contribution >= 4 is 17.1 Å². The van der Waals surface area contributed by atoms with Gasteiger partial charge in [-0.2, -0.15) is 0 Å². The van der Waals surface area contributed by atoms with Gasteiger partial charge in [0, 0.05) is 4.88 Å². The number of carbonyl (C=O) groups excluding carboxylic acids is 1. The highest BCUT2D eigenvalue weighted by atomic mass is 32.1. The van der Waals surface area contributed by atoms with E-state index in [-0.39, 0.29) is 5.78 Å². The van der Waals surface area contributed by atoms with E-state index >= 15 is 0 Å². The Morgan fingerprint density at radius 3 is 2.85 bits per heavy atom. The summed E-state index contributed by atoms with van der Waals surface area (Å²) in [6.45, 7) is 3.84. The van der Waals surface area contributed by atoms with E-state index in [2.05, 4.69) is 18.8 Å². The van der Waals surface area contributed by atoms with Crippen LogP contribution in [0.1, 0.15) is 34.8 Å². The number of rotatable bonds is 3. The summed E-state index contributed by atoms with van der Waals surface area (Å²) in [5.41, 5.74) is 0. The van der Waals surface area contributed by atoms with E-state index in [9.17, 15) is 4.79 Å². The van der Waals surface area contributed by atoms with Gasteiger partial charge < -0.3 is 0 Å². The van der Waals surface area contributed by atoms with Crippen molar-refractivity contribution in [3.63, 3.8) is 0 Å². The van der Waals surface area contributed by atoms with E-state index in [1.807, 2.05) is 12.1 Å². The summed E-state index contributed by atoms with van der Waals surface area (Å²) in [6.07, 6.45) is 1.34. The van der Waals surface area contributed by atoms with Crippen molar-refractivity contribution in [1.29, 1.82) is 0 Å². The van der Waals surface area contributed by atoms with Gasteiger partial charge in [-0.15, -0.1) is 17.3 Å². The predicted octanol–water partition coefficient (Wildman–Crippen LogP) is 2.91. The summed E-state index contributed by atoms with van der Waals surface area (Å²) in [5, 5.41) is 0.